The fraction of sp³-hybridized carbons (Fsp3) is 0.733. The van der Waals surface area contributed by atoms with Gasteiger partial charge in [-0.3, -0.25) is 9.89 Å². The Balaban J connectivity index is 2.07. The van der Waals surface area contributed by atoms with Crippen molar-refractivity contribution in [3.63, 3.8) is 0 Å². The van der Waals surface area contributed by atoms with Gasteiger partial charge in [-0.2, -0.15) is 5.10 Å². The number of hydrogen-bond acceptors (Lipinski definition) is 2. The van der Waals surface area contributed by atoms with Gasteiger partial charge in [0.1, 0.15) is 0 Å². The Hall–Kier alpha value is -1.32. The van der Waals surface area contributed by atoms with E-state index < -0.39 is 0 Å². The highest BCUT2D eigenvalue weighted by Gasteiger charge is 2.41. The first-order valence-corrected chi connectivity index (χ1v) is 7.41. The second kappa shape index (κ2) is 5.76. The third kappa shape index (κ3) is 3.17. The molecule has 1 saturated carbocycles. The number of aromatic nitrogens is 2. The molecular weight excluding hydrogens is 238 g/mol. The summed E-state index contributed by atoms with van der Waals surface area (Å²) in [6.45, 7) is 6.45. The molecule has 1 fully saturated rings. The minimum Gasteiger partial charge on any atom is -0.309 e. The van der Waals surface area contributed by atoms with E-state index in [9.17, 15) is 4.79 Å². The lowest BCUT2D eigenvalue weighted by Gasteiger charge is -2.29. The quantitative estimate of drug-likeness (QED) is 0.854. The smallest absolute Gasteiger partial charge is 0.231 e. The van der Waals surface area contributed by atoms with E-state index in [2.05, 4.69) is 36.3 Å². The number of anilines is 1. The number of nitrogens with one attached hydrogen (secondary N) is 2. The van der Waals surface area contributed by atoms with Crippen LogP contribution in [0.15, 0.2) is 6.07 Å². The van der Waals surface area contributed by atoms with Crippen LogP contribution in [0, 0.1) is 11.3 Å². The van der Waals surface area contributed by atoms with Gasteiger partial charge in [-0.1, -0.05) is 33.6 Å². The number of aromatic amines is 1. The number of amides is 1. The Morgan fingerprint density at radius 1 is 1.47 bits per heavy atom. The molecule has 0 aliphatic heterocycles. The molecule has 0 unspecified atom stereocenters. The second-order valence-corrected chi connectivity index (χ2v) is 6.17. The van der Waals surface area contributed by atoms with Crippen molar-refractivity contribution in [2.75, 3.05) is 5.32 Å². The van der Waals surface area contributed by atoms with Crippen LogP contribution < -0.4 is 5.32 Å². The number of carbonyl (C=O) groups excluding carboxylic acids is 1. The Morgan fingerprint density at radius 2 is 2.16 bits per heavy atom. The van der Waals surface area contributed by atoms with Gasteiger partial charge in [0.25, 0.3) is 0 Å². The van der Waals surface area contributed by atoms with Crippen LogP contribution in [0.4, 0.5) is 5.82 Å². The number of aryl methyl sites for hydroxylation is 1. The van der Waals surface area contributed by atoms with E-state index >= 15 is 0 Å². The SMILES string of the molecule is CCc1cc(NC(=O)C2(CC(C)C)CCCC2)n[nH]1. The van der Waals surface area contributed by atoms with Crippen LogP contribution in [-0.2, 0) is 11.2 Å². The molecule has 1 aromatic rings. The van der Waals surface area contributed by atoms with Crippen LogP contribution in [0.3, 0.4) is 0 Å². The molecule has 19 heavy (non-hydrogen) atoms. The van der Waals surface area contributed by atoms with Crippen molar-refractivity contribution in [1.82, 2.24) is 10.2 Å². The topological polar surface area (TPSA) is 57.8 Å². The van der Waals surface area contributed by atoms with Crippen LogP contribution >= 0.6 is 0 Å². The van der Waals surface area contributed by atoms with Gasteiger partial charge in [0.2, 0.25) is 5.91 Å². The maximum atomic E-state index is 12.6. The number of carbonyl (C=O) groups is 1. The van der Waals surface area contributed by atoms with Crippen molar-refractivity contribution in [3.8, 4) is 0 Å². The number of H-pyrrole nitrogens is 1. The van der Waals surface area contributed by atoms with E-state index in [4.69, 9.17) is 0 Å². The normalized spacial score (nSPS) is 17.9. The van der Waals surface area contributed by atoms with Crippen LogP contribution in [0.2, 0.25) is 0 Å². The Bertz CT molecular complexity index is 430. The highest BCUT2D eigenvalue weighted by molar-refractivity contribution is 5.94. The zero-order chi connectivity index (χ0) is 13.9. The lowest BCUT2D eigenvalue weighted by atomic mass is 9.77. The van der Waals surface area contributed by atoms with Gasteiger partial charge in [0.05, 0.1) is 0 Å². The first kappa shape index (κ1) is 14.1. The molecule has 0 radical (unpaired) electrons. The maximum Gasteiger partial charge on any atom is 0.231 e. The highest BCUT2D eigenvalue weighted by Crippen LogP contribution is 2.43. The lowest BCUT2D eigenvalue weighted by Crippen LogP contribution is -2.35. The van der Waals surface area contributed by atoms with Gasteiger partial charge in [0.15, 0.2) is 5.82 Å². The molecule has 1 heterocycles. The van der Waals surface area contributed by atoms with Crippen molar-refractivity contribution in [1.29, 1.82) is 0 Å². The summed E-state index contributed by atoms with van der Waals surface area (Å²) in [7, 11) is 0. The summed E-state index contributed by atoms with van der Waals surface area (Å²) in [5, 5.41) is 10.1. The zero-order valence-electron chi connectivity index (χ0n) is 12.3. The van der Waals surface area contributed by atoms with Gasteiger partial charge in [-0.05, 0) is 31.6 Å². The zero-order valence-corrected chi connectivity index (χ0v) is 12.3. The largest absolute Gasteiger partial charge is 0.309 e. The van der Waals surface area contributed by atoms with E-state index in [-0.39, 0.29) is 11.3 Å². The Morgan fingerprint density at radius 3 is 2.68 bits per heavy atom. The minimum absolute atomic E-state index is 0.160. The average Bonchev–Trinajstić information content (AvgIpc) is 2.98. The van der Waals surface area contributed by atoms with Crippen molar-refractivity contribution in [2.24, 2.45) is 11.3 Å². The van der Waals surface area contributed by atoms with Crippen LogP contribution in [0.25, 0.3) is 0 Å². The first-order chi connectivity index (χ1) is 9.05. The molecule has 1 aliphatic carbocycles. The van der Waals surface area contributed by atoms with Crippen molar-refractivity contribution in [3.05, 3.63) is 11.8 Å². The fourth-order valence-corrected chi connectivity index (χ4v) is 3.21. The minimum atomic E-state index is -0.167. The summed E-state index contributed by atoms with van der Waals surface area (Å²) in [5.74, 6) is 1.37. The molecule has 0 atom stereocenters. The number of rotatable bonds is 5. The molecule has 4 nitrogen and oxygen atoms in total. The van der Waals surface area contributed by atoms with Crippen LogP contribution in [0.5, 0.6) is 0 Å². The van der Waals surface area contributed by atoms with E-state index in [1.807, 2.05) is 6.07 Å². The molecular formula is C15H25N3O. The molecule has 2 rings (SSSR count). The number of nitrogens with zero attached hydrogens (tertiary/aromatic N) is 1. The molecule has 0 spiro atoms. The second-order valence-electron chi connectivity index (χ2n) is 6.17. The van der Waals surface area contributed by atoms with E-state index in [1.165, 1.54) is 12.8 Å². The summed E-state index contributed by atoms with van der Waals surface area (Å²) in [6.07, 6.45) is 6.25. The van der Waals surface area contributed by atoms with Gasteiger partial charge >= 0.3 is 0 Å². The van der Waals surface area contributed by atoms with Crippen LogP contribution in [0.1, 0.15) is 58.6 Å². The standard InChI is InChI=1S/C15H25N3O/c1-4-12-9-13(18-17-12)16-14(19)15(10-11(2)3)7-5-6-8-15/h9,11H,4-8,10H2,1-3H3,(H2,16,17,18,19). The average molecular weight is 263 g/mol. The van der Waals surface area contributed by atoms with Gasteiger partial charge in [-0.15, -0.1) is 0 Å². The molecule has 2 N–H and O–H groups in total. The predicted octanol–water partition coefficient (Wildman–Crippen LogP) is 3.52. The predicted molar refractivity (Wildman–Crippen MR) is 77.0 cm³/mol. The van der Waals surface area contributed by atoms with Gasteiger partial charge in [0, 0.05) is 17.2 Å². The molecule has 4 heteroatoms. The van der Waals surface area contributed by atoms with Gasteiger partial charge < -0.3 is 5.32 Å². The van der Waals surface area contributed by atoms with Crippen molar-refractivity contribution in [2.45, 2.75) is 59.3 Å². The molecule has 1 aromatic heterocycles. The summed E-state index contributed by atoms with van der Waals surface area (Å²) in [4.78, 5) is 12.6. The molecule has 0 aromatic carbocycles. The monoisotopic (exact) mass is 263 g/mol. The summed E-state index contributed by atoms with van der Waals surface area (Å²) in [6, 6.07) is 1.93. The highest BCUT2D eigenvalue weighted by atomic mass is 16.2. The molecule has 1 amide bonds. The third-order valence-electron chi connectivity index (χ3n) is 4.09. The van der Waals surface area contributed by atoms with Gasteiger partial charge in [-0.25, -0.2) is 0 Å². The maximum absolute atomic E-state index is 12.6. The molecule has 106 valence electrons. The Kier molecular flexibility index (Phi) is 4.27. The molecule has 1 aliphatic rings. The third-order valence-corrected chi connectivity index (χ3v) is 4.09. The Labute approximate surface area is 115 Å². The van der Waals surface area contributed by atoms with E-state index in [0.717, 1.165) is 31.4 Å². The van der Waals surface area contributed by atoms with Crippen molar-refractivity contribution < 1.29 is 4.79 Å². The molecule has 0 bridgehead atoms. The fourth-order valence-electron chi connectivity index (χ4n) is 3.21. The lowest BCUT2D eigenvalue weighted by molar-refractivity contribution is -0.126. The van der Waals surface area contributed by atoms with E-state index in [1.54, 1.807) is 0 Å². The van der Waals surface area contributed by atoms with Crippen LogP contribution in [-0.4, -0.2) is 16.1 Å². The number of hydrogen-bond donors (Lipinski definition) is 2. The summed E-state index contributed by atoms with van der Waals surface area (Å²) >= 11 is 0. The summed E-state index contributed by atoms with van der Waals surface area (Å²) < 4.78 is 0. The summed E-state index contributed by atoms with van der Waals surface area (Å²) in [5.41, 5.74) is 0.888. The molecule has 0 saturated heterocycles. The van der Waals surface area contributed by atoms with E-state index in [0.29, 0.717) is 11.7 Å². The first-order valence-electron chi connectivity index (χ1n) is 7.41. The van der Waals surface area contributed by atoms with Crippen molar-refractivity contribution >= 4 is 11.7 Å².